The molecule has 0 radical (unpaired) electrons. The van der Waals surface area contributed by atoms with Gasteiger partial charge in [0, 0.05) is 30.4 Å². The number of aromatic carboxylic acids is 1. The van der Waals surface area contributed by atoms with E-state index >= 15 is 0 Å². The highest BCUT2D eigenvalue weighted by Gasteiger charge is 2.29. The number of nitrogens with zero attached hydrogens (tertiary/aromatic N) is 3. The number of ether oxygens (including phenoxy) is 1. The van der Waals surface area contributed by atoms with Gasteiger partial charge < -0.3 is 14.7 Å². The molecule has 1 N–H and O–H groups in total. The monoisotopic (exact) mass is 321 g/mol. The van der Waals surface area contributed by atoms with Crippen LogP contribution in [-0.2, 0) is 0 Å². The third-order valence-electron chi connectivity index (χ3n) is 3.98. The fourth-order valence-electron chi connectivity index (χ4n) is 2.80. The second kappa shape index (κ2) is 6.42. The molecule has 0 spiro atoms. The summed E-state index contributed by atoms with van der Waals surface area (Å²) in [7, 11) is 1.60. The Hall–Kier alpha value is -3.33. The van der Waals surface area contributed by atoms with Crippen LogP contribution < -0.4 is 9.64 Å². The van der Waals surface area contributed by atoms with Crippen molar-refractivity contribution in [1.82, 2.24) is 4.98 Å². The molecule has 3 rings (SSSR count). The van der Waals surface area contributed by atoms with E-state index in [1.54, 1.807) is 18.2 Å². The fourth-order valence-corrected chi connectivity index (χ4v) is 2.80. The maximum atomic E-state index is 11.1. The predicted octanol–water partition coefficient (Wildman–Crippen LogP) is 2.80. The van der Waals surface area contributed by atoms with Crippen LogP contribution in [0.25, 0.3) is 0 Å². The summed E-state index contributed by atoms with van der Waals surface area (Å²) in [4.78, 5) is 17.1. The molecule has 2 aromatic rings. The van der Waals surface area contributed by atoms with Gasteiger partial charge in [-0.25, -0.2) is 9.78 Å². The smallest absolute Gasteiger partial charge is 0.335 e. The van der Waals surface area contributed by atoms with Gasteiger partial charge in [0.25, 0.3) is 0 Å². The molecule has 1 aromatic heterocycles. The minimum atomic E-state index is -1.01. The minimum Gasteiger partial charge on any atom is -0.496 e. The quantitative estimate of drug-likeness (QED) is 0.932. The van der Waals surface area contributed by atoms with E-state index in [1.165, 1.54) is 18.3 Å². The molecule has 120 valence electrons. The first-order valence-electron chi connectivity index (χ1n) is 7.34. The summed E-state index contributed by atoms with van der Waals surface area (Å²) in [5.41, 5.74) is 1.67. The lowest BCUT2D eigenvalue weighted by molar-refractivity contribution is 0.0697. The van der Waals surface area contributed by atoms with Gasteiger partial charge >= 0.3 is 5.97 Å². The highest BCUT2D eigenvalue weighted by atomic mass is 16.5. The van der Waals surface area contributed by atoms with Crippen molar-refractivity contribution in [1.29, 1.82) is 5.26 Å². The van der Waals surface area contributed by atoms with E-state index < -0.39 is 5.97 Å². The van der Waals surface area contributed by atoms with Crippen LogP contribution >= 0.6 is 0 Å². The number of carboxylic acid groups (broad SMARTS) is 1. The number of para-hydroxylation sites is 1. The number of anilines is 1. The fraction of sp³-hybridized carbons (Fsp3) is 0.167. The molecule has 0 fully saturated rings. The summed E-state index contributed by atoms with van der Waals surface area (Å²) in [5, 5.41) is 18.6. The average Bonchev–Trinajstić information content (AvgIpc) is 3.06. The number of hydrogen-bond donors (Lipinski definition) is 1. The molecule has 24 heavy (non-hydrogen) atoms. The molecular formula is C18H15N3O3. The van der Waals surface area contributed by atoms with Crippen LogP contribution in [0.3, 0.4) is 0 Å². The van der Waals surface area contributed by atoms with Gasteiger partial charge in [-0.3, -0.25) is 0 Å². The van der Waals surface area contributed by atoms with Crippen molar-refractivity contribution < 1.29 is 14.6 Å². The Kier molecular flexibility index (Phi) is 4.17. The molecule has 0 amide bonds. The van der Waals surface area contributed by atoms with Gasteiger partial charge in [-0.2, -0.15) is 5.26 Å². The Labute approximate surface area is 139 Å². The Bertz CT molecular complexity index is 855. The first kappa shape index (κ1) is 15.6. The normalized spacial score (nSPS) is 16.4. The second-order valence-electron chi connectivity index (χ2n) is 5.35. The Morgan fingerprint density at radius 3 is 2.92 bits per heavy atom. The lowest BCUT2D eigenvalue weighted by Gasteiger charge is -2.19. The molecule has 1 aliphatic rings. The van der Waals surface area contributed by atoms with Crippen molar-refractivity contribution in [2.75, 3.05) is 18.6 Å². The summed E-state index contributed by atoms with van der Waals surface area (Å²) in [5.74, 6) is 0.0582. The van der Waals surface area contributed by atoms with E-state index in [0.29, 0.717) is 17.9 Å². The highest BCUT2D eigenvalue weighted by molar-refractivity contribution is 5.88. The van der Waals surface area contributed by atoms with Crippen LogP contribution in [0.4, 0.5) is 5.82 Å². The van der Waals surface area contributed by atoms with E-state index in [1.807, 2.05) is 24.3 Å². The van der Waals surface area contributed by atoms with Gasteiger partial charge in [0.15, 0.2) is 0 Å². The standard InChI is InChI=1S/C18H15N3O3/c1-24-16-5-3-2-4-14(16)15-11-21(10-13(15)9-19)17-8-12(18(22)23)6-7-20-17/h2-8,10,15H,11H2,1H3,(H,22,23). The maximum Gasteiger partial charge on any atom is 0.335 e. The zero-order valence-corrected chi connectivity index (χ0v) is 13.0. The molecule has 1 atom stereocenters. The van der Waals surface area contributed by atoms with Crippen molar-refractivity contribution in [2.24, 2.45) is 0 Å². The molecule has 0 saturated carbocycles. The third-order valence-corrected chi connectivity index (χ3v) is 3.98. The van der Waals surface area contributed by atoms with Gasteiger partial charge in [0.1, 0.15) is 11.6 Å². The predicted molar refractivity (Wildman–Crippen MR) is 88.0 cm³/mol. The van der Waals surface area contributed by atoms with Crippen molar-refractivity contribution in [3.05, 3.63) is 65.5 Å². The van der Waals surface area contributed by atoms with Crippen molar-refractivity contribution in [2.45, 2.75) is 5.92 Å². The van der Waals surface area contributed by atoms with Crippen molar-refractivity contribution >= 4 is 11.8 Å². The maximum absolute atomic E-state index is 11.1. The van der Waals surface area contributed by atoms with Crippen LogP contribution in [0.1, 0.15) is 21.8 Å². The number of benzene rings is 1. The first-order valence-corrected chi connectivity index (χ1v) is 7.34. The molecule has 0 bridgehead atoms. The van der Waals surface area contributed by atoms with Gasteiger partial charge in [-0.15, -0.1) is 0 Å². The number of methoxy groups -OCH3 is 1. The van der Waals surface area contributed by atoms with E-state index in [4.69, 9.17) is 9.84 Å². The number of rotatable bonds is 4. The summed E-state index contributed by atoms with van der Waals surface area (Å²) >= 11 is 0. The molecule has 1 aromatic carbocycles. The minimum absolute atomic E-state index is 0.151. The van der Waals surface area contributed by atoms with Crippen LogP contribution in [0.2, 0.25) is 0 Å². The van der Waals surface area contributed by atoms with Crippen LogP contribution in [-0.4, -0.2) is 29.7 Å². The number of pyridine rings is 1. The largest absolute Gasteiger partial charge is 0.496 e. The molecule has 0 aliphatic carbocycles. The first-order chi connectivity index (χ1) is 11.6. The van der Waals surface area contributed by atoms with Crippen LogP contribution in [0, 0.1) is 11.3 Å². The Balaban J connectivity index is 1.95. The Morgan fingerprint density at radius 2 is 2.21 bits per heavy atom. The van der Waals surface area contributed by atoms with E-state index in [-0.39, 0.29) is 11.5 Å². The van der Waals surface area contributed by atoms with Gasteiger partial charge in [-0.1, -0.05) is 18.2 Å². The van der Waals surface area contributed by atoms with Crippen molar-refractivity contribution in [3.8, 4) is 11.8 Å². The molecule has 1 unspecified atom stereocenters. The van der Waals surface area contributed by atoms with Gasteiger partial charge in [0.05, 0.1) is 24.3 Å². The number of aromatic nitrogens is 1. The SMILES string of the molecule is COc1ccccc1C1CN(c2cc(C(=O)O)ccn2)C=C1C#N. The van der Waals surface area contributed by atoms with Gasteiger partial charge in [-0.05, 0) is 18.2 Å². The molecule has 6 heteroatoms. The lowest BCUT2D eigenvalue weighted by Crippen LogP contribution is -2.18. The lowest BCUT2D eigenvalue weighted by atomic mass is 9.93. The van der Waals surface area contributed by atoms with E-state index in [0.717, 1.165) is 11.3 Å². The Morgan fingerprint density at radius 1 is 1.42 bits per heavy atom. The summed E-state index contributed by atoms with van der Waals surface area (Å²) < 4.78 is 5.39. The molecule has 2 heterocycles. The number of nitriles is 1. The molecule has 1 aliphatic heterocycles. The summed E-state index contributed by atoms with van der Waals surface area (Å²) in [6, 6.07) is 12.7. The zero-order chi connectivity index (χ0) is 17.1. The summed E-state index contributed by atoms with van der Waals surface area (Å²) in [6.07, 6.45) is 3.17. The van der Waals surface area contributed by atoms with E-state index in [2.05, 4.69) is 11.1 Å². The number of carboxylic acids is 1. The van der Waals surface area contributed by atoms with Gasteiger partial charge in [0.2, 0.25) is 0 Å². The molecular weight excluding hydrogens is 306 g/mol. The highest BCUT2D eigenvalue weighted by Crippen LogP contribution is 2.37. The van der Waals surface area contributed by atoms with Crippen molar-refractivity contribution in [3.63, 3.8) is 0 Å². The number of hydrogen-bond acceptors (Lipinski definition) is 5. The zero-order valence-electron chi connectivity index (χ0n) is 13.0. The molecule has 0 saturated heterocycles. The summed E-state index contributed by atoms with van der Waals surface area (Å²) in [6.45, 7) is 0.499. The van der Waals surface area contributed by atoms with Crippen LogP contribution in [0.5, 0.6) is 5.75 Å². The number of carbonyl (C=O) groups is 1. The molecule has 6 nitrogen and oxygen atoms in total. The van der Waals surface area contributed by atoms with Crippen LogP contribution in [0.15, 0.2) is 54.4 Å². The average molecular weight is 321 g/mol. The topological polar surface area (TPSA) is 86.4 Å². The second-order valence-corrected chi connectivity index (χ2v) is 5.35. The third kappa shape index (κ3) is 2.79. The van der Waals surface area contributed by atoms with E-state index in [9.17, 15) is 10.1 Å².